The van der Waals surface area contributed by atoms with Crippen LogP contribution >= 0.6 is 11.3 Å². The van der Waals surface area contributed by atoms with Crippen LogP contribution in [0.5, 0.6) is 0 Å². The lowest BCUT2D eigenvalue weighted by Gasteiger charge is -2.21. The van der Waals surface area contributed by atoms with Crippen molar-refractivity contribution in [2.24, 2.45) is 0 Å². The van der Waals surface area contributed by atoms with Crippen molar-refractivity contribution in [3.63, 3.8) is 0 Å². The minimum atomic E-state index is 0.733. The molecule has 2 nitrogen and oxygen atoms in total. The number of fused-ring (bicyclic) bond motifs is 1. The first-order chi connectivity index (χ1) is 8.24. The fourth-order valence-electron chi connectivity index (χ4n) is 3.42. The third kappa shape index (κ3) is 2.28. The number of hydrogen-bond acceptors (Lipinski definition) is 3. The lowest BCUT2D eigenvalue weighted by Crippen LogP contribution is -2.38. The molecule has 1 aromatic heterocycles. The zero-order valence-corrected chi connectivity index (χ0v) is 11.6. The normalized spacial score (nSPS) is 28.8. The molecule has 0 saturated carbocycles. The highest BCUT2D eigenvalue weighted by atomic mass is 32.1. The van der Waals surface area contributed by atoms with Gasteiger partial charge in [-0.15, -0.1) is 11.3 Å². The van der Waals surface area contributed by atoms with Crippen molar-refractivity contribution in [2.45, 2.75) is 51.7 Å². The molecule has 2 saturated heterocycles. The molecule has 1 N–H and O–H groups in total. The van der Waals surface area contributed by atoms with E-state index in [1.807, 2.05) is 11.3 Å². The van der Waals surface area contributed by atoms with Crippen LogP contribution in [-0.4, -0.2) is 30.1 Å². The molecule has 0 aliphatic carbocycles. The van der Waals surface area contributed by atoms with Gasteiger partial charge in [-0.2, -0.15) is 0 Å². The van der Waals surface area contributed by atoms with E-state index in [1.54, 1.807) is 0 Å². The number of thiophene rings is 1. The molecule has 0 aromatic carbocycles. The second kappa shape index (κ2) is 4.71. The van der Waals surface area contributed by atoms with Crippen molar-refractivity contribution in [3.05, 3.63) is 21.4 Å². The second-order valence-corrected chi connectivity index (χ2v) is 6.92. The Bertz CT molecular complexity index is 399. The molecule has 0 spiro atoms. The summed E-state index contributed by atoms with van der Waals surface area (Å²) in [4.78, 5) is 5.59. The summed E-state index contributed by atoms with van der Waals surface area (Å²) in [5.74, 6) is 0. The van der Waals surface area contributed by atoms with E-state index in [0.717, 1.165) is 18.6 Å². The first kappa shape index (κ1) is 11.7. The van der Waals surface area contributed by atoms with Crippen molar-refractivity contribution >= 4 is 11.3 Å². The summed E-state index contributed by atoms with van der Waals surface area (Å²) in [6.07, 6.45) is 4.14. The smallest absolute Gasteiger partial charge is 0.0250 e. The van der Waals surface area contributed by atoms with Gasteiger partial charge in [-0.1, -0.05) is 0 Å². The molecule has 3 rings (SSSR count). The van der Waals surface area contributed by atoms with Gasteiger partial charge in [0, 0.05) is 34.9 Å². The molecular weight excluding hydrogens is 228 g/mol. The molecule has 0 radical (unpaired) electrons. The van der Waals surface area contributed by atoms with Gasteiger partial charge in [-0.05, 0) is 51.3 Å². The third-order valence-corrected chi connectivity index (χ3v) is 5.31. The van der Waals surface area contributed by atoms with Crippen molar-refractivity contribution in [1.29, 1.82) is 0 Å². The lowest BCUT2D eigenvalue weighted by molar-refractivity contribution is 0.298. The highest BCUT2D eigenvalue weighted by Gasteiger charge is 2.36. The standard InChI is InChI=1S/C14H22N2S/c1-10-8-12(11(2)17-10)9-15-13-5-7-16-6-3-4-14(13)16/h8,13-15H,3-7,9H2,1-2H3. The van der Waals surface area contributed by atoms with E-state index in [4.69, 9.17) is 0 Å². The van der Waals surface area contributed by atoms with E-state index < -0.39 is 0 Å². The first-order valence-corrected chi connectivity index (χ1v) is 7.59. The number of nitrogens with one attached hydrogen (secondary N) is 1. The lowest BCUT2D eigenvalue weighted by atomic mass is 10.1. The first-order valence-electron chi connectivity index (χ1n) is 6.77. The zero-order valence-electron chi connectivity index (χ0n) is 10.8. The highest BCUT2D eigenvalue weighted by molar-refractivity contribution is 7.12. The Morgan fingerprint density at radius 2 is 2.24 bits per heavy atom. The zero-order chi connectivity index (χ0) is 11.8. The predicted molar refractivity (Wildman–Crippen MR) is 73.6 cm³/mol. The number of nitrogens with zero attached hydrogens (tertiary/aromatic N) is 1. The van der Waals surface area contributed by atoms with Gasteiger partial charge in [0.05, 0.1) is 0 Å². The maximum absolute atomic E-state index is 3.79. The number of aryl methyl sites for hydroxylation is 2. The molecule has 0 amide bonds. The fourth-order valence-corrected chi connectivity index (χ4v) is 4.37. The van der Waals surface area contributed by atoms with Crippen LogP contribution in [0.3, 0.4) is 0 Å². The van der Waals surface area contributed by atoms with Crippen molar-refractivity contribution in [1.82, 2.24) is 10.2 Å². The van der Waals surface area contributed by atoms with Gasteiger partial charge in [0.1, 0.15) is 0 Å². The van der Waals surface area contributed by atoms with Crippen molar-refractivity contribution in [3.8, 4) is 0 Å². The van der Waals surface area contributed by atoms with Gasteiger partial charge >= 0.3 is 0 Å². The van der Waals surface area contributed by atoms with Crippen LogP contribution in [0, 0.1) is 13.8 Å². The largest absolute Gasteiger partial charge is 0.308 e. The van der Waals surface area contributed by atoms with E-state index in [1.165, 1.54) is 47.7 Å². The van der Waals surface area contributed by atoms with Gasteiger partial charge in [0.25, 0.3) is 0 Å². The summed E-state index contributed by atoms with van der Waals surface area (Å²) < 4.78 is 0. The Morgan fingerprint density at radius 3 is 3.00 bits per heavy atom. The maximum Gasteiger partial charge on any atom is 0.0250 e. The molecule has 94 valence electrons. The molecule has 1 aromatic rings. The minimum Gasteiger partial charge on any atom is -0.308 e. The molecule has 2 atom stereocenters. The van der Waals surface area contributed by atoms with Gasteiger partial charge in [0.2, 0.25) is 0 Å². The van der Waals surface area contributed by atoms with Crippen molar-refractivity contribution < 1.29 is 0 Å². The van der Waals surface area contributed by atoms with Crippen molar-refractivity contribution in [2.75, 3.05) is 13.1 Å². The second-order valence-electron chi connectivity index (χ2n) is 5.46. The number of rotatable bonds is 3. The maximum atomic E-state index is 3.79. The summed E-state index contributed by atoms with van der Waals surface area (Å²) >= 11 is 1.92. The van der Waals surface area contributed by atoms with Crippen LogP contribution in [0.1, 0.15) is 34.6 Å². The van der Waals surface area contributed by atoms with Gasteiger partial charge in [0.15, 0.2) is 0 Å². The molecule has 3 heteroatoms. The SMILES string of the molecule is Cc1cc(CNC2CCN3CCCC23)c(C)s1. The minimum absolute atomic E-state index is 0.733. The Labute approximate surface area is 108 Å². The molecule has 2 unspecified atom stereocenters. The van der Waals surface area contributed by atoms with Gasteiger partial charge in [-0.3, -0.25) is 4.90 Å². The molecular formula is C14H22N2S. The highest BCUT2D eigenvalue weighted by Crippen LogP contribution is 2.28. The van der Waals surface area contributed by atoms with Crippen LogP contribution in [-0.2, 0) is 6.54 Å². The Balaban J connectivity index is 1.59. The van der Waals surface area contributed by atoms with E-state index in [-0.39, 0.29) is 0 Å². The molecule has 2 aliphatic heterocycles. The molecule has 0 bridgehead atoms. The summed E-state index contributed by atoms with van der Waals surface area (Å²) in [6, 6.07) is 3.90. The Kier molecular flexibility index (Phi) is 3.24. The average molecular weight is 250 g/mol. The van der Waals surface area contributed by atoms with Crippen LogP contribution < -0.4 is 5.32 Å². The van der Waals surface area contributed by atoms with Crippen LogP contribution in [0.15, 0.2) is 6.07 Å². The van der Waals surface area contributed by atoms with E-state index in [2.05, 4.69) is 30.1 Å². The molecule has 2 fully saturated rings. The van der Waals surface area contributed by atoms with Crippen LogP contribution in [0.4, 0.5) is 0 Å². The third-order valence-electron chi connectivity index (χ3n) is 4.30. The van der Waals surface area contributed by atoms with Gasteiger partial charge in [-0.25, -0.2) is 0 Å². The number of hydrogen-bond donors (Lipinski definition) is 1. The van der Waals surface area contributed by atoms with Gasteiger partial charge < -0.3 is 5.32 Å². The van der Waals surface area contributed by atoms with E-state index in [0.29, 0.717) is 0 Å². The summed E-state index contributed by atoms with van der Waals surface area (Å²) in [5, 5.41) is 3.79. The predicted octanol–water partition coefficient (Wildman–Crippen LogP) is 2.69. The fraction of sp³-hybridized carbons (Fsp3) is 0.714. The Hall–Kier alpha value is -0.380. The molecule has 17 heavy (non-hydrogen) atoms. The Morgan fingerprint density at radius 1 is 1.35 bits per heavy atom. The quantitative estimate of drug-likeness (QED) is 0.887. The summed E-state index contributed by atoms with van der Waals surface area (Å²) in [6.45, 7) is 8.15. The summed E-state index contributed by atoms with van der Waals surface area (Å²) in [7, 11) is 0. The average Bonchev–Trinajstić information content (AvgIpc) is 2.92. The molecule has 3 heterocycles. The monoisotopic (exact) mass is 250 g/mol. The van der Waals surface area contributed by atoms with E-state index in [9.17, 15) is 0 Å². The summed E-state index contributed by atoms with van der Waals surface area (Å²) in [5.41, 5.74) is 1.50. The van der Waals surface area contributed by atoms with E-state index >= 15 is 0 Å². The molecule has 2 aliphatic rings. The van der Waals surface area contributed by atoms with Crippen LogP contribution in [0.25, 0.3) is 0 Å². The van der Waals surface area contributed by atoms with Crippen LogP contribution in [0.2, 0.25) is 0 Å². The topological polar surface area (TPSA) is 15.3 Å².